The molecule has 11 N–H and O–H groups in total. The summed E-state index contributed by atoms with van der Waals surface area (Å²) in [5, 5.41) is 22.1. The van der Waals surface area contributed by atoms with Gasteiger partial charge in [-0.3, -0.25) is 14.4 Å². The van der Waals surface area contributed by atoms with Crippen molar-refractivity contribution in [2.75, 3.05) is 30.7 Å². The molecule has 302 valence electrons. The van der Waals surface area contributed by atoms with E-state index in [1.54, 1.807) is 52.0 Å². The molecule has 0 radical (unpaired) electrons. The number of nitrogen functional groups attached to an aromatic ring is 1. The first kappa shape index (κ1) is 42.7. The van der Waals surface area contributed by atoms with Crippen LogP contribution in [0.5, 0.6) is 0 Å². The number of benzene rings is 2. The third kappa shape index (κ3) is 11.5. The number of imidazole rings is 1. The van der Waals surface area contributed by atoms with Gasteiger partial charge in [0, 0.05) is 24.2 Å². The minimum Gasteiger partial charge on any atom is -0.445 e. The highest BCUT2D eigenvalue weighted by atomic mass is 16.6. The molecule has 0 spiro atoms. The van der Waals surface area contributed by atoms with Crippen LogP contribution >= 0.6 is 0 Å². The zero-order valence-corrected chi connectivity index (χ0v) is 32.4. The first-order valence-electron chi connectivity index (χ1n) is 18.4. The summed E-state index contributed by atoms with van der Waals surface area (Å²) in [5.41, 5.74) is 18.7. The second-order valence-corrected chi connectivity index (χ2v) is 14.4. The summed E-state index contributed by atoms with van der Waals surface area (Å²) in [6.45, 7) is 9.07. The molecule has 1 unspecified atom stereocenters. The van der Waals surface area contributed by atoms with Crippen molar-refractivity contribution in [3.05, 3.63) is 59.9 Å². The van der Waals surface area contributed by atoms with Crippen molar-refractivity contribution in [3.63, 3.8) is 0 Å². The highest BCUT2D eigenvalue weighted by Gasteiger charge is 2.29. The Morgan fingerprint density at radius 2 is 1.70 bits per heavy atom. The molecule has 0 aliphatic carbocycles. The van der Waals surface area contributed by atoms with Gasteiger partial charge in [0.2, 0.25) is 17.7 Å². The second kappa shape index (κ2) is 19.0. The normalized spacial score (nSPS) is 12.6. The Hall–Kier alpha value is -6.01. The Bertz CT molecular complexity index is 2030. The molecule has 18 heteroatoms. The molecule has 0 aliphatic heterocycles. The Morgan fingerprint density at radius 1 is 1.00 bits per heavy atom. The predicted octanol–water partition coefficient (Wildman–Crippen LogP) is 2.07. The first-order chi connectivity index (χ1) is 26.5. The fourth-order valence-electron chi connectivity index (χ4n) is 6.02. The van der Waals surface area contributed by atoms with Crippen molar-refractivity contribution in [3.8, 4) is 0 Å². The first-order valence-corrected chi connectivity index (χ1v) is 18.4. The number of aromatic nitrogens is 3. The molecule has 4 aromatic rings. The molecular formula is C38H53N11O7. The molecule has 0 saturated heterocycles. The third-order valence-electron chi connectivity index (χ3n) is 8.84. The van der Waals surface area contributed by atoms with Crippen LogP contribution in [0.1, 0.15) is 58.8 Å². The number of anilines is 2. The molecule has 0 fully saturated rings. The lowest BCUT2D eigenvalue weighted by atomic mass is 10.0. The van der Waals surface area contributed by atoms with E-state index in [-0.39, 0.29) is 50.9 Å². The zero-order chi connectivity index (χ0) is 41.2. The van der Waals surface area contributed by atoms with Crippen molar-refractivity contribution < 1.29 is 33.8 Å². The lowest BCUT2D eigenvalue weighted by Crippen LogP contribution is -2.55. The van der Waals surface area contributed by atoms with E-state index < -0.39 is 47.5 Å². The van der Waals surface area contributed by atoms with Crippen LogP contribution in [0.4, 0.5) is 21.1 Å². The Morgan fingerprint density at radius 3 is 2.32 bits per heavy atom. The largest absolute Gasteiger partial charge is 0.445 e. The second-order valence-electron chi connectivity index (χ2n) is 14.4. The average molecular weight is 776 g/mol. The van der Waals surface area contributed by atoms with E-state index in [9.17, 15) is 29.1 Å². The standard InChI is InChI=1S/C38H53N11O7/c1-6-48(19-28-46-31-32(49(28)21-38(4,5)55)25-10-7-8-11-26(25)44-33(31)40)37(54)56-20-23-13-15-24(16-14-23)43-34(51)27(12-9-17-42-36(41)53)45-35(52)30(22(2)3)47-29(50)18-39/h7-8,10-11,13-16,22,27,30,55H,6,9,12,17-21,39H2,1-5H3,(H2,40,44)(H,43,51)(H,45,52)(H,47,50)(H3,41,42,53)/t27-,30?/m0/s1. The molecule has 0 aliphatic rings. The zero-order valence-electron chi connectivity index (χ0n) is 32.4. The lowest BCUT2D eigenvalue weighted by Gasteiger charge is -2.25. The maximum atomic E-state index is 13.4. The molecule has 2 aromatic carbocycles. The third-order valence-corrected chi connectivity index (χ3v) is 8.84. The summed E-state index contributed by atoms with van der Waals surface area (Å²) in [5.74, 6) is -1.15. The number of fused-ring (bicyclic) bond motifs is 3. The number of nitrogens with one attached hydrogen (secondary N) is 4. The number of nitrogens with two attached hydrogens (primary N) is 3. The highest BCUT2D eigenvalue weighted by molar-refractivity contribution is 6.06. The van der Waals surface area contributed by atoms with Gasteiger partial charge in [-0.05, 0) is 63.3 Å². The number of amides is 6. The van der Waals surface area contributed by atoms with Gasteiger partial charge in [0.15, 0.2) is 5.82 Å². The number of ether oxygens (including phenoxy) is 1. The Balaban J connectivity index is 1.43. The number of hydrogen-bond donors (Lipinski definition) is 8. The van der Waals surface area contributed by atoms with Crippen LogP contribution in [-0.4, -0.2) is 91.7 Å². The van der Waals surface area contributed by atoms with E-state index in [2.05, 4.69) is 26.3 Å². The van der Waals surface area contributed by atoms with Gasteiger partial charge < -0.3 is 57.8 Å². The lowest BCUT2D eigenvalue weighted by molar-refractivity contribution is -0.131. The number of hydrogen-bond acceptors (Lipinski definition) is 11. The van der Waals surface area contributed by atoms with Crippen LogP contribution in [0.2, 0.25) is 0 Å². The minimum absolute atomic E-state index is 0.0676. The van der Waals surface area contributed by atoms with Crippen molar-refractivity contribution >= 4 is 63.3 Å². The Labute approximate surface area is 324 Å². The summed E-state index contributed by atoms with van der Waals surface area (Å²) in [6, 6.07) is 11.5. The van der Waals surface area contributed by atoms with Gasteiger partial charge in [-0.1, -0.05) is 44.2 Å². The summed E-state index contributed by atoms with van der Waals surface area (Å²) in [4.78, 5) is 73.7. The van der Waals surface area contributed by atoms with E-state index in [1.807, 2.05) is 35.8 Å². The fraction of sp³-hybridized carbons (Fsp3) is 0.447. The van der Waals surface area contributed by atoms with Crippen LogP contribution in [0, 0.1) is 5.92 Å². The smallest absolute Gasteiger partial charge is 0.410 e. The minimum atomic E-state index is -1.11. The molecule has 4 rings (SSSR count). The van der Waals surface area contributed by atoms with E-state index in [1.165, 1.54) is 4.90 Å². The van der Waals surface area contributed by atoms with Crippen LogP contribution in [0.3, 0.4) is 0 Å². The van der Waals surface area contributed by atoms with Crippen molar-refractivity contribution in [2.45, 2.75) is 84.8 Å². The number of carbonyl (C=O) groups excluding carboxylic acids is 5. The number of carbonyl (C=O) groups is 5. The monoisotopic (exact) mass is 775 g/mol. The molecule has 0 saturated carbocycles. The number of nitrogens with zero attached hydrogens (tertiary/aromatic N) is 4. The summed E-state index contributed by atoms with van der Waals surface area (Å²) in [6.07, 6.45) is -0.110. The molecule has 2 aromatic heterocycles. The molecule has 0 bridgehead atoms. The van der Waals surface area contributed by atoms with Crippen molar-refractivity contribution in [1.82, 2.24) is 35.4 Å². The highest BCUT2D eigenvalue weighted by Crippen LogP contribution is 2.30. The number of para-hydroxylation sites is 1. The molecule has 56 heavy (non-hydrogen) atoms. The molecule has 6 amide bonds. The van der Waals surface area contributed by atoms with E-state index in [0.717, 1.165) is 5.39 Å². The topological polar surface area (TPSA) is 275 Å². The summed E-state index contributed by atoms with van der Waals surface area (Å²) >= 11 is 0. The number of primary amides is 1. The van der Waals surface area contributed by atoms with Gasteiger partial charge in [-0.15, -0.1) is 0 Å². The van der Waals surface area contributed by atoms with E-state index in [4.69, 9.17) is 26.9 Å². The van der Waals surface area contributed by atoms with Crippen molar-refractivity contribution in [2.24, 2.45) is 17.4 Å². The molecule has 18 nitrogen and oxygen atoms in total. The number of rotatable bonds is 18. The van der Waals surface area contributed by atoms with E-state index >= 15 is 0 Å². The fourth-order valence-corrected chi connectivity index (χ4v) is 6.02. The van der Waals surface area contributed by atoms with Crippen LogP contribution in [0.15, 0.2) is 48.5 Å². The maximum Gasteiger partial charge on any atom is 0.410 e. The Kier molecular flexibility index (Phi) is 14.5. The SMILES string of the molecule is CCN(Cc1nc2c(N)nc3ccccc3c2n1CC(C)(C)O)C(=O)OCc1ccc(NC(=O)[C@H](CCCNC(N)=O)NC(=O)C(NC(=O)CN)C(C)C)cc1. The van der Waals surface area contributed by atoms with Gasteiger partial charge in [-0.25, -0.2) is 19.6 Å². The van der Waals surface area contributed by atoms with Crippen LogP contribution < -0.4 is 38.5 Å². The molecular weight excluding hydrogens is 722 g/mol. The van der Waals surface area contributed by atoms with E-state index in [0.29, 0.717) is 46.6 Å². The predicted molar refractivity (Wildman–Crippen MR) is 212 cm³/mol. The van der Waals surface area contributed by atoms with Gasteiger partial charge in [0.1, 0.15) is 30.0 Å². The quantitative estimate of drug-likeness (QED) is 0.0678. The number of pyridine rings is 1. The maximum absolute atomic E-state index is 13.4. The van der Waals surface area contributed by atoms with Gasteiger partial charge in [0.25, 0.3) is 0 Å². The van der Waals surface area contributed by atoms with Crippen molar-refractivity contribution in [1.29, 1.82) is 0 Å². The van der Waals surface area contributed by atoms with Gasteiger partial charge >= 0.3 is 12.1 Å². The number of urea groups is 1. The number of aliphatic hydroxyl groups is 1. The summed E-state index contributed by atoms with van der Waals surface area (Å²) in [7, 11) is 0. The summed E-state index contributed by atoms with van der Waals surface area (Å²) < 4.78 is 7.54. The van der Waals surface area contributed by atoms with Gasteiger partial charge in [0.05, 0.1) is 36.3 Å². The van der Waals surface area contributed by atoms with Crippen LogP contribution in [0.25, 0.3) is 21.9 Å². The molecule has 2 atom stereocenters. The molecule has 2 heterocycles. The van der Waals surface area contributed by atoms with Crippen LogP contribution in [-0.2, 0) is 38.8 Å². The average Bonchev–Trinajstić information content (AvgIpc) is 3.49. The van der Waals surface area contributed by atoms with Gasteiger partial charge in [-0.2, -0.15) is 0 Å².